The van der Waals surface area contributed by atoms with Gasteiger partial charge in [-0.3, -0.25) is 4.79 Å². The van der Waals surface area contributed by atoms with Gasteiger partial charge in [0.05, 0.1) is 6.61 Å². The molecule has 0 bridgehead atoms. The van der Waals surface area contributed by atoms with Gasteiger partial charge in [-0.2, -0.15) is 4.98 Å². The third kappa shape index (κ3) is 8.12. The lowest BCUT2D eigenvalue weighted by Crippen LogP contribution is -2.08. The van der Waals surface area contributed by atoms with Crippen LogP contribution in [0.15, 0.2) is 6.07 Å². The van der Waals surface area contributed by atoms with E-state index in [1.54, 1.807) is 0 Å². The number of unbranched alkanes of at least 4 members (excludes halogenated alkanes) is 3. The fraction of sp³-hybridized carbons (Fsp3) is 0.667. The predicted octanol–water partition coefficient (Wildman–Crippen LogP) is 3.02. The Morgan fingerprint density at radius 2 is 2.05 bits per heavy atom. The van der Waals surface area contributed by atoms with Gasteiger partial charge in [0.2, 0.25) is 11.8 Å². The molecule has 0 amide bonds. The number of aryl methyl sites for hydroxylation is 1. The molecule has 0 saturated heterocycles. The van der Waals surface area contributed by atoms with Gasteiger partial charge in [-0.05, 0) is 26.2 Å². The van der Waals surface area contributed by atoms with Gasteiger partial charge in [-0.15, -0.1) is 0 Å². The molecule has 6 heteroatoms. The normalized spacial score (nSPS) is 10.4. The Morgan fingerprint density at radius 1 is 1.29 bits per heavy atom. The molecule has 0 fully saturated rings. The molecule has 0 aliphatic rings. The molecular formula is C15H25N3O3. The maximum absolute atomic E-state index is 10.4. The Labute approximate surface area is 126 Å². The minimum Gasteiger partial charge on any atom is -0.481 e. The largest absolute Gasteiger partial charge is 0.481 e. The minimum absolute atomic E-state index is 0.256. The van der Waals surface area contributed by atoms with Crippen LogP contribution in [-0.4, -0.2) is 34.2 Å². The van der Waals surface area contributed by atoms with Gasteiger partial charge >= 0.3 is 5.97 Å². The fourth-order valence-corrected chi connectivity index (χ4v) is 1.85. The lowest BCUT2D eigenvalue weighted by molar-refractivity contribution is -0.137. The van der Waals surface area contributed by atoms with Gasteiger partial charge in [0.1, 0.15) is 0 Å². The van der Waals surface area contributed by atoms with Crippen molar-refractivity contribution in [1.29, 1.82) is 0 Å². The molecule has 0 aromatic carbocycles. The summed E-state index contributed by atoms with van der Waals surface area (Å²) < 4.78 is 5.51. The van der Waals surface area contributed by atoms with Gasteiger partial charge in [0.15, 0.2) is 0 Å². The Morgan fingerprint density at radius 3 is 2.76 bits per heavy atom. The topological polar surface area (TPSA) is 84.3 Å². The number of hydrogen-bond acceptors (Lipinski definition) is 5. The number of nitrogens with zero attached hydrogens (tertiary/aromatic N) is 2. The number of aliphatic carboxylic acids is 1. The summed E-state index contributed by atoms with van der Waals surface area (Å²) in [5, 5.41) is 11.7. The minimum atomic E-state index is -0.721. The van der Waals surface area contributed by atoms with Crippen LogP contribution in [-0.2, 0) is 4.79 Å². The number of aromatic nitrogens is 2. The second-order valence-corrected chi connectivity index (χ2v) is 5.00. The summed E-state index contributed by atoms with van der Waals surface area (Å²) in [6, 6.07) is 1.83. The smallest absolute Gasteiger partial charge is 0.303 e. The SMILES string of the molecule is CCCOc1cc(C)nc(NCCCCCCC(=O)O)n1. The first-order valence-corrected chi connectivity index (χ1v) is 7.56. The van der Waals surface area contributed by atoms with Crippen LogP contribution >= 0.6 is 0 Å². The molecule has 0 saturated carbocycles. The molecule has 0 aliphatic heterocycles. The molecule has 1 heterocycles. The van der Waals surface area contributed by atoms with Crippen molar-refractivity contribution in [2.75, 3.05) is 18.5 Å². The average Bonchev–Trinajstić information content (AvgIpc) is 2.43. The van der Waals surface area contributed by atoms with Crippen LogP contribution in [0.3, 0.4) is 0 Å². The number of carbonyl (C=O) groups is 1. The molecule has 1 aromatic heterocycles. The summed E-state index contributed by atoms with van der Waals surface area (Å²) in [6.45, 7) is 5.40. The standard InChI is InChI=1S/C15H25N3O3/c1-3-10-21-13-11-12(2)17-15(18-13)16-9-7-5-4-6-8-14(19)20/h11H,3-10H2,1-2H3,(H,19,20)(H,16,17,18). The summed E-state index contributed by atoms with van der Waals surface area (Å²) in [5.74, 6) is 0.473. The van der Waals surface area contributed by atoms with Crippen molar-refractivity contribution in [3.8, 4) is 5.88 Å². The Kier molecular flexibility index (Phi) is 8.16. The first-order chi connectivity index (χ1) is 10.1. The van der Waals surface area contributed by atoms with Crippen LogP contribution in [0.5, 0.6) is 5.88 Å². The highest BCUT2D eigenvalue weighted by Crippen LogP contribution is 2.12. The molecule has 0 radical (unpaired) electrons. The molecule has 21 heavy (non-hydrogen) atoms. The maximum Gasteiger partial charge on any atom is 0.303 e. The molecule has 0 atom stereocenters. The fourth-order valence-electron chi connectivity index (χ4n) is 1.85. The second-order valence-electron chi connectivity index (χ2n) is 5.00. The first kappa shape index (κ1) is 17.2. The summed E-state index contributed by atoms with van der Waals surface area (Å²) in [5.41, 5.74) is 0.875. The van der Waals surface area contributed by atoms with Gasteiger partial charge in [0, 0.05) is 24.7 Å². The van der Waals surface area contributed by atoms with Crippen LogP contribution in [0.25, 0.3) is 0 Å². The molecule has 118 valence electrons. The van der Waals surface area contributed by atoms with Gasteiger partial charge in [-0.1, -0.05) is 19.8 Å². The van der Waals surface area contributed by atoms with Gasteiger partial charge < -0.3 is 15.2 Å². The molecule has 0 unspecified atom stereocenters. The Bertz CT molecular complexity index is 438. The first-order valence-electron chi connectivity index (χ1n) is 7.56. The van der Waals surface area contributed by atoms with E-state index in [1.807, 2.05) is 13.0 Å². The van der Waals surface area contributed by atoms with E-state index in [-0.39, 0.29) is 6.42 Å². The zero-order valence-corrected chi connectivity index (χ0v) is 12.9. The quantitative estimate of drug-likeness (QED) is 0.610. The van der Waals surface area contributed by atoms with E-state index >= 15 is 0 Å². The average molecular weight is 295 g/mol. The summed E-state index contributed by atoms with van der Waals surface area (Å²) in [4.78, 5) is 19.0. The summed E-state index contributed by atoms with van der Waals surface area (Å²) in [7, 11) is 0. The number of nitrogens with one attached hydrogen (secondary N) is 1. The van der Waals surface area contributed by atoms with E-state index in [0.29, 0.717) is 18.4 Å². The van der Waals surface area contributed by atoms with E-state index in [4.69, 9.17) is 9.84 Å². The highest BCUT2D eigenvalue weighted by Gasteiger charge is 2.03. The Balaban J connectivity index is 2.25. The third-order valence-corrected chi connectivity index (χ3v) is 2.89. The molecule has 0 spiro atoms. The number of carboxylic acid groups (broad SMARTS) is 1. The van der Waals surface area contributed by atoms with E-state index in [9.17, 15) is 4.79 Å². The summed E-state index contributed by atoms with van der Waals surface area (Å²) in [6.07, 6.45) is 4.86. The number of carboxylic acids is 1. The van der Waals surface area contributed by atoms with Crippen LogP contribution in [0.2, 0.25) is 0 Å². The predicted molar refractivity (Wildman–Crippen MR) is 81.8 cm³/mol. The molecule has 6 nitrogen and oxygen atoms in total. The van der Waals surface area contributed by atoms with E-state index < -0.39 is 5.97 Å². The van der Waals surface area contributed by atoms with Crippen LogP contribution in [0, 0.1) is 6.92 Å². The van der Waals surface area contributed by atoms with E-state index in [2.05, 4.69) is 22.2 Å². The molecule has 1 rings (SSSR count). The molecule has 2 N–H and O–H groups in total. The zero-order valence-electron chi connectivity index (χ0n) is 12.9. The summed E-state index contributed by atoms with van der Waals surface area (Å²) >= 11 is 0. The van der Waals surface area contributed by atoms with Crippen molar-refractivity contribution < 1.29 is 14.6 Å². The van der Waals surface area contributed by atoms with Crippen LogP contribution < -0.4 is 10.1 Å². The van der Waals surface area contributed by atoms with Crippen molar-refractivity contribution in [3.05, 3.63) is 11.8 Å². The highest BCUT2D eigenvalue weighted by atomic mass is 16.5. The van der Waals surface area contributed by atoms with Crippen molar-refractivity contribution in [3.63, 3.8) is 0 Å². The van der Waals surface area contributed by atoms with Gasteiger partial charge in [0.25, 0.3) is 0 Å². The number of anilines is 1. The lowest BCUT2D eigenvalue weighted by atomic mass is 10.1. The monoisotopic (exact) mass is 295 g/mol. The maximum atomic E-state index is 10.4. The van der Waals surface area contributed by atoms with Gasteiger partial charge in [-0.25, -0.2) is 4.98 Å². The van der Waals surface area contributed by atoms with E-state index in [0.717, 1.165) is 44.3 Å². The second kappa shape index (κ2) is 9.96. The van der Waals surface area contributed by atoms with Crippen molar-refractivity contribution in [2.24, 2.45) is 0 Å². The van der Waals surface area contributed by atoms with Crippen LogP contribution in [0.4, 0.5) is 5.95 Å². The van der Waals surface area contributed by atoms with Crippen molar-refractivity contribution in [1.82, 2.24) is 9.97 Å². The van der Waals surface area contributed by atoms with Crippen LogP contribution in [0.1, 0.15) is 51.1 Å². The third-order valence-electron chi connectivity index (χ3n) is 2.89. The molecule has 1 aromatic rings. The van der Waals surface area contributed by atoms with Crippen molar-refractivity contribution >= 4 is 11.9 Å². The highest BCUT2D eigenvalue weighted by molar-refractivity contribution is 5.66. The number of rotatable bonds is 11. The zero-order chi connectivity index (χ0) is 15.5. The number of ether oxygens (including phenoxy) is 1. The van der Waals surface area contributed by atoms with E-state index in [1.165, 1.54) is 0 Å². The van der Waals surface area contributed by atoms with Crippen molar-refractivity contribution in [2.45, 2.75) is 52.4 Å². The molecular weight excluding hydrogens is 270 g/mol. The number of hydrogen-bond donors (Lipinski definition) is 2. The lowest BCUT2D eigenvalue weighted by Gasteiger charge is -2.08. The Hall–Kier alpha value is -1.85. The molecule has 0 aliphatic carbocycles.